The summed E-state index contributed by atoms with van der Waals surface area (Å²) in [7, 11) is 1.30. The van der Waals surface area contributed by atoms with Gasteiger partial charge in [0, 0.05) is 17.5 Å². The maximum atomic E-state index is 12.7. The molecule has 3 atom stereocenters. The van der Waals surface area contributed by atoms with Gasteiger partial charge in [0.05, 0.1) is 13.2 Å². The van der Waals surface area contributed by atoms with E-state index in [9.17, 15) is 19.5 Å². The molecule has 0 fully saturated rings. The molecule has 0 saturated heterocycles. The maximum absolute atomic E-state index is 12.7. The lowest BCUT2D eigenvalue weighted by molar-refractivity contribution is -0.136. The lowest BCUT2D eigenvalue weighted by Crippen LogP contribution is -2.52. The molecule has 0 aliphatic heterocycles. The van der Waals surface area contributed by atoms with Gasteiger partial charge < -0.3 is 25.6 Å². The van der Waals surface area contributed by atoms with E-state index in [2.05, 4.69) is 10.6 Å². The van der Waals surface area contributed by atoms with E-state index in [0.717, 1.165) is 5.57 Å². The van der Waals surface area contributed by atoms with Crippen LogP contribution < -0.4 is 10.6 Å². The monoisotopic (exact) mass is 562 g/mol. The van der Waals surface area contributed by atoms with E-state index < -0.39 is 29.4 Å². The predicted octanol–water partition coefficient (Wildman–Crippen LogP) is 5.30. The lowest BCUT2D eigenvalue weighted by atomic mass is 9.86. The van der Waals surface area contributed by atoms with Crippen molar-refractivity contribution in [3.8, 4) is 0 Å². The molecule has 9 heteroatoms. The number of aliphatic hydroxyl groups excluding tert-OH is 1. The number of aliphatic carboxylic acids is 1. The number of ether oxygens (including phenoxy) is 1. The molecule has 39 heavy (non-hydrogen) atoms. The van der Waals surface area contributed by atoms with E-state index in [1.165, 1.54) is 25.5 Å². The number of methoxy groups -OCH3 is 1. The topological polar surface area (TPSA) is 125 Å². The minimum absolute atomic E-state index is 0.0411. The van der Waals surface area contributed by atoms with Gasteiger partial charge in [-0.1, -0.05) is 93.5 Å². The SMILES string of the molecule is CC=C(Cl)CC(O)CC=CNC(=O)C(NC(=O)C=CC=CC(C)=CC(C)C=CC=C(OC)C(=O)O)C(C)(C)C. The Labute approximate surface area is 237 Å². The van der Waals surface area contributed by atoms with Crippen molar-refractivity contribution < 1.29 is 29.3 Å². The van der Waals surface area contributed by atoms with Crippen LogP contribution in [0.4, 0.5) is 0 Å². The van der Waals surface area contributed by atoms with E-state index in [1.54, 1.807) is 37.3 Å². The normalized spacial score (nSPS) is 16.2. The summed E-state index contributed by atoms with van der Waals surface area (Å²) in [5, 5.41) is 24.8. The van der Waals surface area contributed by atoms with Gasteiger partial charge in [-0.25, -0.2) is 4.79 Å². The van der Waals surface area contributed by atoms with Crippen molar-refractivity contribution in [2.45, 2.75) is 66.5 Å². The summed E-state index contributed by atoms with van der Waals surface area (Å²) in [5.74, 6) is -2.02. The molecule has 0 aromatic heterocycles. The Morgan fingerprint density at radius 1 is 1.10 bits per heavy atom. The second-order valence-electron chi connectivity index (χ2n) is 9.96. The quantitative estimate of drug-likeness (QED) is 0.122. The van der Waals surface area contributed by atoms with Gasteiger partial charge in [-0.05, 0) is 43.9 Å². The number of carbonyl (C=O) groups excluding carboxylic acids is 2. The minimum atomic E-state index is -1.13. The molecule has 0 aromatic rings. The van der Waals surface area contributed by atoms with Crippen LogP contribution in [-0.4, -0.2) is 47.3 Å². The van der Waals surface area contributed by atoms with Crippen LogP contribution in [0.5, 0.6) is 0 Å². The van der Waals surface area contributed by atoms with Gasteiger partial charge in [-0.3, -0.25) is 9.59 Å². The highest BCUT2D eigenvalue weighted by Gasteiger charge is 2.31. The van der Waals surface area contributed by atoms with Crippen molar-refractivity contribution in [1.29, 1.82) is 0 Å². The molecule has 4 N–H and O–H groups in total. The number of nitrogens with one attached hydrogen (secondary N) is 2. The molecule has 2 amide bonds. The molecular weight excluding hydrogens is 520 g/mol. The smallest absolute Gasteiger partial charge is 0.371 e. The van der Waals surface area contributed by atoms with Gasteiger partial charge in [-0.15, -0.1) is 0 Å². The number of carboxylic acid groups (broad SMARTS) is 1. The van der Waals surface area contributed by atoms with Crippen molar-refractivity contribution in [3.05, 3.63) is 83.3 Å². The standard InChI is InChI=1S/C30H43ClN2O6/c1-8-23(31)20-24(34)15-12-18-32-28(36)27(30(4,5)6)33-26(35)17-10-9-13-21(2)19-22(3)14-11-16-25(39-7)29(37)38/h8-14,16-19,22,24,27,34H,15,20H2,1-7H3,(H,32,36)(H,33,35)(H,37,38). The number of aliphatic hydroxyl groups is 1. The first-order valence-corrected chi connectivity index (χ1v) is 13.0. The van der Waals surface area contributed by atoms with Crippen molar-refractivity contribution in [3.63, 3.8) is 0 Å². The fourth-order valence-corrected chi connectivity index (χ4v) is 3.34. The molecule has 0 bridgehead atoms. The highest BCUT2D eigenvalue weighted by molar-refractivity contribution is 6.29. The first-order valence-electron chi connectivity index (χ1n) is 12.6. The predicted molar refractivity (Wildman–Crippen MR) is 157 cm³/mol. The van der Waals surface area contributed by atoms with E-state index in [1.807, 2.05) is 52.8 Å². The number of amides is 2. The van der Waals surface area contributed by atoms with Crippen LogP contribution in [0.3, 0.4) is 0 Å². The number of carbonyl (C=O) groups is 3. The van der Waals surface area contributed by atoms with Crippen molar-refractivity contribution in [1.82, 2.24) is 10.6 Å². The molecule has 0 rings (SSSR count). The van der Waals surface area contributed by atoms with Crippen molar-refractivity contribution in [2.75, 3.05) is 7.11 Å². The Kier molecular flexibility index (Phi) is 17.2. The fourth-order valence-electron chi connectivity index (χ4n) is 3.16. The second-order valence-corrected chi connectivity index (χ2v) is 10.4. The molecule has 0 saturated carbocycles. The van der Waals surface area contributed by atoms with E-state index >= 15 is 0 Å². The molecule has 216 valence electrons. The molecule has 0 aromatic carbocycles. The molecule has 0 aliphatic rings. The Morgan fingerprint density at radius 3 is 2.31 bits per heavy atom. The summed E-state index contributed by atoms with van der Waals surface area (Å²) in [6, 6.07) is -0.784. The Balaban J connectivity index is 4.98. The second kappa shape index (κ2) is 18.8. The molecule has 3 unspecified atom stereocenters. The number of rotatable bonds is 15. The lowest BCUT2D eigenvalue weighted by Gasteiger charge is -2.29. The van der Waals surface area contributed by atoms with Gasteiger partial charge >= 0.3 is 5.97 Å². The number of carboxylic acids is 1. The summed E-state index contributed by atoms with van der Waals surface area (Å²) in [4.78, 5) is 36.1. The van der Waals surface area contributed by atoms with Gasteiger partial charge in [0.25, 0.3) is 0 Å². The Hall–Kier alpha value is -3.36. The zero-order valence-electron chi connectivity index (χ0n) is 23.9. The largest absolute Gasteiger partial charge is 0.490 e. The summed E-state index contributed by atoms with van der Waals surface area (Å²) in [6.07, 6.45) is 18.1. The van der Waals surface area contributed by atoms with Crippen molar-refractivity contribution >= 4 is 29.4 Å². The molecule has 0 radical (unpaired) electrons. The highest BCUT2D eigenvalue weighted by atomic mass is 35.5. The number of hydrogen-bond donors (Lipinski definition) is 4. The van der Waals surface area contributed by atoms with Gasteiger partial charge in [0.2, 0.25) is 17.6 Å². The first-order chi connectivity index (χ1) is 18.2. The van der Waals surface area contributed by atoms with Gasteiger partial charge in [0.1, 0.15) is 6.04 Å². The third-order valence-corrected chi connectivity index (χ3v) is 5.62. The summed E-state index contributed by atoms with van der Waals surface area (Å²) in [6.45, 7) is 11.2. The zero-order valence-corrected chi connectivity index (χ0v) is 24.7. The average Bonchev–Trinajstić information content (AvgIpc) is 2.84. The van der Waals surface area contributed by atoms with Crippen LogP contribution in [0.1, 0.15) is 54.4 Å². The van der Waals surface area contributed by atoms with Crippen LogP contribution in [0.25, 0.3) is 0 Å². The average molecular weight is 563 g/mol. The summed E-state index contributed by atoms with van der Waals surface area (Å²) < 4.78 is 4.76. The molecular formula is C30H43ClN2O6. The summed E-state index contributed by atoms with van der Waals surface area (Å²) >= 11 is 5.91. The van der Waals surface area contributed by atoms with Crippen molar-refractivity contribution in [2.24, 2.45) is 11.3 Å². The Bertz CT molecular complexity index is 1030. The van der Waals surface area contributed by atoms with E-state index in [4.69, 9.17) is 21.4 Å². The number of allylic oxidation sites excluding steroid dienone is 9. The van der Waals surface area contributed by atoms with Crippen LogP contribution >= 0.6 is 11.6 Å². The van der Waals surface area contributed by atoms with Gasteiger partial charge in [-0.2, -0.15) is 0 Å². The zero-order chi connectivity index (χ0) is 30.0. The van der Waals surface area contributed by atoms with E-state index in [-0.39, 0.29) is 17.6 Å². The molecule has 0 spiro atoms. The van der Waals surface area contributed by atoms with Crippen LogP contribution in [0.15, 0.2) is 83.3 Å². The first kappa shape index (κ1) is 35.6. The third kappa shape index (κ3) is 17.0. The molecule has 8 nitrogen and oxygen atoms in total. The Morgan fingerprint density at radius 2 is 1.74 bits per heavy atom. The fraction of sp³-hybridized carbons (Fsp3) is 0.433. The third-order valence-electron chi connectivity index (χ3n) is 5.25. The van der Waals surface area contributed by atoms with E-state index in [0.29, 0.717) is 17.9 Å². The minimum Gasteiger partial charge on any atom is -0.490 e. The molecule has 0 heterocycles. The highest BCUT2D eigenvalue weighted by Crippen LogP contribution is 2.19. The molecule has 0 aliphatic carbocycles. The van der Waals surface area contributed by atoms with Gasteiger partial charge in [0.15, 0.2) is 0 Å². The van der Waals surface area contributed by atoms with Crippen LogP contribution in [-0.2, 0) is 19.1 Å². The number of hydrogen-bond acceptors (Lipinski definition) is 5. The van der Waals surface area contributed by atoms with Crippen LogP contribution in [0.2, 0.25) is 0 Å². The number of halogens is 1. The maximum Gasteiger partial charge on any atom is 0.371 e. The summed E-state index contributed by atoms with van der Waals surface area (Å²) in [5.41, 5.74) is 0.409. The van der Waals surface area contributed by atoms with Crippen LogP contribution in [0, 0.1) is 11.3 Å².